The standard InChI is InChI=1S/C28H56N10O4S2/c1-25(39)37-27-18-29-6-9-32-21-28(22-33-10-7-30-19-27,23-34-11-8-31-20-27)38-26(44)36-5-3-13-41-15-17-42-16-14-40-12-2-4-35-24-43/h29-34H,2-23H2,1H3,(H,37,39)(H2,36,38,44). The van der Waals surface area contributed by atoms with E-state index in [-0.39, 0.29) is 11.4 Å². The van der Waals surface area contributed by atoms with Crippen LogP contribution in [0.3, 0.4) is 0 Å². The molecule has 0 saturated carbocycles. The molecule has 1 amide bonds. The minimum Gasteiger partial charge on any atom is -0.379 e. The van der Waals surface area contributed by atoms with Crippen molar-refractivity contribution >= 4 is 40.6 Å². The Hall–Kier alpha value is -1.40. The predicted molar refractivity (Wildman–Crippen MR) is 182 cm³/mol. The Morgan fingerprint density at radius 1 is 0.705 bits per heavy atom. The van der Waals surface area contributed by atoms with Crippen molar-refractivity contribution in [3.8, 4) is 0 Å². The molecule has 0 atom stereocenters. The zero-order valence-electron chi connectivity index (χ0n) is 26.5. The number of fused-ring (bicyclic) bond motifs is 15. The van der Waals surface area contributed by atoms with Gasteiger partial charge in [-0.25, -0.2) is 4.99 Å². The summed E-state index contributed by atoms with van der Waals surface area (Å²) in [6.07, 6.45) is 1.67. The summed E-state index contributed by atoms with van der Waals surface area (Å²) >= 11 is 10.3. The van der Waals surface area contributed by atoms with Gasteiger partial charge in [-0.15, -0.1) is 0 Å². The smallest absolute Gasteiger partial charge is 0.217 e. The van der Waals surface area contributed by atoms with Gasteiger partial charge >= 0.3 is 0 Å². The Bertz CT molecular complexity index is 795. The largest absolute Gasteiger partial charge is 0.379 e. The summed E-state index contributed by atoms with van der Waals surface area (Å²) in [6.45, 7) is 15.3. The number of thiocarbonyl (C=S) groups is 2. The summed E-state index contributed by atoms with van der Waals surface area (Å²) in [5.74, 6) is -0.0240. The number of aliphatic imine (C=N–C) groups is 1. The maximum Gasteiger partial charge on any atom is 0.217 e. The number of nitrogens with zero attached hydrogens (tertiary/aromatic N) is 1. The van der Waals surface area contributed by atoms with Crippen LogP contribution in [-0.4, -0.2) is 159 Å². The Labute approximate surface area is 274 Å². The molecule has 0 radical (unpaired) electrons. The second-order valence-corrected chi connectivity index (χ2v) is 11.8. The normalized spacial score (nSPS) is 23.9. The molecular weight excluding hydrogens is 605 g/mol. The SMILES string of the molecule is CC(=O)NC12CNCCNCC(NC(=S)NCCCOCCOCCOCCCN=C=S)(CNCCNC1)CNCCNC2. The zero-order chi connectivity index (χ0) is 31.6. The van der Waals surface area contributed by atoms with Crippen LogP contribution in [0.5, 0.6) is 0 Å². The Morgan fingerprint density at radius 3 is 1.55 bits per heavy atom. The Kier molecular flexibility index (Phi) is 21.8. The fourth-order valence-corrected chi connectivity index (χ4v) is 5.41. The molecule has 9 N–H and O–H groups in total. The lowest BCUT2D eigenvalue weighted by Gasteiger charge is -2.39. The van der Waals surface area contributed by atoms with Gasteiger partial charge in [-0.1, -0.05) is 0 Å². The molecule has 16 heteroatoms. The highest BCUT2D eigenvalue weighted by Gasteiger charge is 2.33. The van der Waals surface area contributed by atoms with Crippen molar-refractivity contribution in [1.82, 2.24) is 47.9 Å². The molecule has 3 saturated heterocycles. The van der Waals surface area contributed by atoms with E-state index in [1.807, 2.05) is 0 Å². The summed E-state index contributed by atoms with van der Waals surface area (Å²) in [5.41, 5.74) is -0.730. The molecule has 0 aromatic rings. The van der Waals surface area contributed by atoms with E-state index in [2.05, 4.69) is 70.2 Å². The van der Waals surface area contributed by atoms with Crippen molar-refractivity contribution in [2.24, 2.45) is 4.99 Å². The van der Waals surface area contributed by atoms with E-state index < -0.39 is 5.54 Å². The van der Waals surface area contributed by atoms with Gasteiger partial charge in [0, 0.05) is 105 Å². The van der Waals surface area contributed by atoms with Gasteiger partial charge in [0.2, 0.25) is 5.91 Å². The zero-order valence-corrected chi connectivity index (χ0v) is 28.1. The second-order valence-electron chi connectivity index (χ2n) is 11.2. The van der Waals surface area contributed by atoms with Gasteiger partial charge in [0.15, 0.2) is 5.11 Å². The number of carbonyl (C=O) groups is 1. The van der Waals surface area contributed by atoms with E-state index in [0.29, 0.717) is 77.5 Å². The van der Waals surface area contributed by atoms with Crippen molar-refractivity contribution in [1.29, 1.82) is 0 Å². The topological polar surface area (TPSA) is 165 Å². The van der Waals surface area contributed by atoms with E-state index in [4.69, 9.17) is 26.4 Å². The van der Waals surface area contributed by atoms with E-state index in [9.17, 15) is 4.79 Å². The van der Waals surface area contributed by atoms with E-state index in [1.54, 1.807) is 6.92 Å². The highest BCUT2D eigenvalue weighted by Crippen LogP contribution is 2.05. The maximum absolute atomic E-state index is 12.0. The third-order valence-corrected chi connectivity index (χ3v) is 7.53. The fraction of sp³-hybridized carbons (Fsp3) is 0.893. The average molecular weight is 661 g/mol. The van der Waals surface area contributed by atoms with Crippen LogP contribution in [0.2, 0.25) is 0 Å². The summed E-state index contributed by atoms with van der Waals surface area (Å²) in [6, 6.07) is 0. The van der Waals surface area contributed by atoms with Gasteiger partial charge in [0.25, 0.3) is 0 Å². The molecular formula is C28H56N10O4S2. The third kappa shape index (κ3) is 18.5. The molecule has 3 heterocycles. The van der Waals surface area contributed by atoms with Crippen LogP contribution in [0.25, 0.3) is 0 Å². The van der Waals surface area contributed by atoms with Crippen LogP contribution >= 0.6 is 24.4 Å². The molecule has 44 heavy (non-hydrogen) atoms. The molecule has 3 aliphatic heterocycles. The number of ether oxygens (including phenoxy) is 3. The third-order valence-electron chi connectivity index (χ3n) is 7.15. The van der Waals surface area contributed by atoms with E-state index >= 15 is 0 Å². The number of hydrogen-bond donors (Lipinski definition) is 9. The number of carbonyl (C=O) groups excluding carboxylic acids is 1. The molecule has 254 valence electrons. The molecule has 0 aromatic heterocycles. The first-order chi connectivity index (χ1) is 21.5. The Balaban J connectivity index is 1.72. The van der Waals surface area contributed by atoms with E-state index in [0.717, 1.165) is 71.7 Å². The summed E-state index contributed by atoms with van der Waals surface area (Å²) in [4.78, 5) is 15.9. The lowest BCUT2D eigenvalue weighted by atomic mass is 9.97. The molecule has 3 fully saturated rings. The molecule has 0 aromatic carbocycles. The van der Waals surface area contributed by atoms with Crippen LogP contribution in [0.15, 0.2) is 4.99 Å². The predicted octanol–water partition coefficient (Wildman–Crippen LogP) is -2.44. The van der Waals surface area contributed by atoms with Gasteiger partial charge in [0.1, 0.15) is 0 Å². The molecule has 0 aliphatic carbocycles. The fourth-order valence-electron chi connectivity index (χ4n) is 5.00. The van der Waals surface area contributed by atoms with Crippen LogP contribution in [0, 0.1) is 0 Å². The first kappa shape index (κ1) is 38.8. The lowest BCUT2D eigenvalue weighted by molar-refractivity contribution is -0.120. The Morgan fingerprint density at radius 2 is 1.11 bits per heavy atom. The highest BCUT2D eigenvalue weighted by molar-refractivity contribution is 7.80. The number of nitrogens with one attached hydrogen (secondary N) is 9. The number of amides is 1. The molecule has 3 rings (SSSR count). The molecule has 14 nitrogen and oxygen atoms in total. The van der Waals surface area contributed by atoms with Crippen LogP contribution in [-0.2, 0) is 19.0 Å². The number of rotatable bonds is 16. The van der Waals surface area contributed by atoms with Gasteiger partial charge < -0.3 is 62.1 Å². The molecule has 0 unspecified atom stereocenters. The molecule has 0 spiro atoms. The minimum atomic E-state index is -0.405. The van der Waals surface area contributed by atoms with Gasteiger partial charge in [-0.3, -0.25) is 4.79 Å². The van der Waals surface area contributed by atoms with Crippen molar-refractivity contribution in [3.63, 3.8) is 0 Å². The highest BCUT2D eigenvalue weighted by atomic mass is 32.1. The summed E-state index contributed by atoms with van der Waals surface area (Å²) < 4.78 is 16.7. The average Bonchev–Trinajstić information content (AvgIpc) is 2.99. The number of hydrogen-bond acceptors (Lipinski definition) is 13. The van der Waals surface area contributed by atoms with Gasteiger partial charge in [-0.05, 0) is 37.3 Å². The van der Waals surface area contributed by atoms with Crippen molar-refractivity contribution < 1.29 is 19.0 Å². The van der Waals surface area contributed by atoms with Crippen molar-refractivity contribution in [3.05, 3.63) is 0 Å². The van der Waals surface area contributed by atoms with Crippen molar-refractivity contribution in [2.45, 2.75) is 30.8 Å². The molecule has 3 aliphatic rings. The summed E-state index contributed by atoms with van der Waals surface area (Å²) in [7, 11) is 0. The minimum absolute atomic E-state index is 0.0240. The monoisotopic (exact) mass is 660 g/mol. The summed E-state index contributed by atoms with van der Waals surface area (Å²) in [5, 5.41) is 34.6. The van der Waals surface area contributed by atoms with E-state index in [1.165, 1.54) is 0 Å². The van der Waals surface area contributed by atoms with Gasteiger partial charge in [0.05, 0.1) is 49.2 Å². The number of isothiocyanates is 1. The first-order valence-corrected chi connectivity index (χ1v) is 16.7. The lowest BCUT2D eigenvalue weighted by Crippen LogP contribution is -2.68. The molecule has 2 bridgehead atoms. The van der Waals surface area contributed by atoms with Crippen molar-refractivity contribution in [2.75, 3.05) is 131 Å². The second kappa shape index (κ2) is 24.8. The van der Waals surface area contributed by atoms with Gasteiger partial charge in [-0.2, -0.15) is 0 Å². The van der Waals surface area contributed by atoms with Crippen LogP contribution < -0.4 is 47.9 Å². The first-order valence-electron chi connectivity index (χ1n) is 15.9. The maximum atomic E-state index is 12.0. The van der Waals surface area contributed by atoms with Crippen LogP contribution in [0.4, 0.5) is 0 Å². The quantitative estimate of drug-likeness (QED) is 0.0487. The van der Waals surface area contributed by atoms with Crippen LogP contribution in [0.1, 0.15) is 19.8 Å².